The van der Waals surface area contributed by atoms with Gasteiger partial charge in [0.2, 0.25) is 5.96 Å². The second-order valence-corrected chi connectivity index (χ2v) is 4.16. The number of ether oxygens (including phenoxy) is 1. The lowest BCUT2D eigenvalue weighted by Crippen LogP contribution is -2.47. The minimum Gasteiger partial charge on any atom is -0.383 e. The largest absolute Gasteiger partial charge is 0.383 e. The van der Waals surface area contributed by atoms with Crippen molar-refractivity contribution >= 4 is 5.96 Å². The Balaban J connectivity index is 2.37. The van der Waals surface area contributed by atoms with Gasteiger partial charge in [-0.05, 0) is 19.4 Å². The van der Waals surface area contributed by atoms with Gasteiger partial charge in [0.15, 0.2) is 0 Å². The van der Waals surface area contributed by atoms with E-state index in [4.69, 9.17) is 10.6 Å². The van der Waals surface area contributed by atoms with E-state index in [0.29, 0.717) is 19.1 Å². The third kappa shape index (κ3) is 5.15. The number of guanidine groups is 1. The molecule has 0 aliphatic heterocycles. The van der Waals surface area contributed by atoms with Gasteiger partial charge in [0, 0.05) is 19.3 Å². The Morgan fingerprint density at radius 1 is 1.67 bits per heavy atom. The maximum absolute atomic E-state index is 5.39. The van der Waals surface area contributed by atoms with Crippen LogP contribution in [0, 0.1) is 6.92 Å². The number of nitrogens with two attached hydrogens (primary N) is 1. The van der Waals surface area contributed by atoms with Crippen LogP contribution in [0.4, 0.5) is 0 Å². The first-order valence-corrected chi connectivity index (χ1v) is 5.91. The van der Waals surface area contributed by atoms with Gasteiger partial charge < -0.3 is 10.1 Å². The molecule has 0 aromatic carbocycles. The van der Waals surface area contributed by atoms with Gasteiger partial charge in [-0.25, -0.2) is 5.84 Å². The molecule has 1 heterocycles. The summed E-state index contributed by atoms with van der Waals surface area (Å²) in [5.74, 6) is 5.95. The highest BCUT2D eigenvalue weighted by molar-refractivity contribution is 5.79. The van der Waals surface area contributed by atoms with Gasteiger partial charge in [-0.3, -0.25) is 15.1 Å². The molecule has 0 aliphatic rings. The number of aromatic nitrogens is 2. The van der Waals surface area contributed by atoms with Crippen LogP contribution in [0.3, 0.4) is 0 Å². The van der Waals surface area contributed by atoms with E-state index in [-0.39, 0.29) is 6.04 Å². The molecule has 7 nitrogen and oxygen atoms in total. The smallest absolute Gasteiger partial charge is 0.206 e. The molecule has 1 aromatic rings. The molecule has 102 valence electrons. The summed E-state index contributed by atoms with van der Waals surface area (Å²) in [7, 11) is 1.66. The number of nitrogens with one attached hydrogen (secondary N) is 2. The lowest BCUT2D eigenvalue weighted by atomic mass is 10.4. The van der Waals surface area contributed by atoms with Crippen LogP contribution in [0.15, 0.2) is 17.4 Å². The van der Waals surface area contributed by atoms with Crippen LogP contribution in [0.25, 0.3) is 0 Å². The third-order valence-corrected chi connectivity index (χ3v) is 2.30. The SMILES string of the molecule is COCC(C)NC(=NCCn1cc(C)cn1)NN. The Morgan fingerprint density at radius 2 is 2.44 bits per heavy atom. The first kappa shape index (κ1) is 14.5. The van der Waals surface area contributed by atoms with Gasteiger partial charge in [0.05, 0.1) is 25.9 Å². The Bertz CT molecular complexity index is 375. The zero-order valence-corrected chi connectivity index (χ0v) is 11.2. The molecule has 0 amide bonds. The molecule has 0 bridgehead atoms. The Labute approximate surface area is 107 Å². The van der Waals surface area contributed by atoms with Crippen molar-refractivity contribution in [2.24, 2.45) is 10.8 Å². The molecular weight excluding hydrogens is 232 g/mol. The molecule has 0 radical (unpaired) electrons. The molecule has 1 atom stereocenters. The number of hydrogen-bond donors (Lipinski definition) is 3. The molecule has 0 saturated heterocycles. The summed E-state index contributed by atoms with van der Waals surface area (Å²) < 4.78 is 6.88. The lowest BCUT2D eigenvalue weighted by Gasteiger charge is -2.15. The Morgan fingerprint density at radius 3 is 3.00 bits per heavy atom. The number of rotatable bonds is 6. The molecule has 4 N–H and O–H groups in total. The first-order chi connectivity index (χ1) is 8.65. The number of aliphatic imine (C=N–C) groups is 1. The molecule has 1 aromatic heterocycles. The summed E-state index contributed by atoms with van der Waals surface area (Å²) in [6.45, 7) is 5.92. The van der Waals surface area contributed by atoms with Crippen molar-refractivity contribution in [3.05, 3.63) is 18.0 Å². The normalized spacial score (nSPS) is 13.4. The van der Waals surface area contributed by atoms with Gasteiger partial charge in [-0.1, -0.05) is 0 Å². The molecule has 1 unspecified atom stereocenters. The van der Waals surface area contributed by atoms with E-state index >= 15 is 0 Å². The van der Waals surface area contributed by atoms with Crippen LogP contribution in [-0.4, -0.2) is 42.0 Å². The quantitative estimate of drug-likeness (QED) is 0.279. The monoisotopic (exact) mass is 254 g/mol. The highest BCUT2D eigenvalue weighted by Crippen LogP contribution is 1.93. The minimum atomic E-state index is 0.150. The fraction of sp³-hybridized carbons (Fsp3) is 0.636. The first-order valence-electron chi connectivity index (χ1n) is 5.91. The van der Waals surface area contributed by atoms with Crippen LogP contribution >= 0.6 is 0 Å². The second-order valence-electron chi connectivity index (χ2n) is 4.16. The highest BCUT2D eigenvalue weighted by atomic mass is 16.5. The minimum absolute atomic E-state index is 0.150. The number of hydrogen-bond acceptors (Lipinski definition) is 4. The van der Waals surface area contributed by atoms with Crippen molar-refractivity contribution < 1.29 is 4.74 Å². The molecule has 0 aliphatic carbocycles. The maximum Gasteiger partial charge on any atom is 0.206 e. The topological polar surface area (TPSA) is 89.5 Å². The summed E-state index contributed by atoms with van der Waals surface area (Å²) in [4.78, 5) is 4.32. The summed E-state index contributed by atoms with van der Waals surface area (Å²) in [6, 6.07) is 0.150. The Kier molecular flexibility index (Phi) is 6.16. The maximum atomic E-state index is 5.39. The summed E-state index contributed by atoms with van der Waals surface area (Å²) in [6.07, 6.45) is 3.80. The fourth-order valence-electron chi connectivity index (χ4n) is 1.51. The zero-order valence-electron chi connectivity index (χ0n) is 11.2. The standard InChI is InChI=1S/C11H22N6O/c1-9-6-14-17(7-9)5-4-13-11(16-12)15-10(2)8-18-3/h6-7,10H,4-5,8,12H2,1-3H3,(H2,13,15,16). The van der Waals surface area contributed by atoms with Crippen LogP contribution in [-0.2, 0) is 11.3 Å². The second kappa shape index (κ2) is 7.67. The van der Waals surface area contributed by atoms with E-state index in [1.807, 2.05) is 30.9 Å². The lowest BCUT2D eigenvalue weighted by molar-refractivity contribution is 0.179. The van der Waals surface area contributed by atoms with Gasteiger partial charge in [-0.2, -0.15) is 5.10 Å². The van der Waals surface area contributed by atoms with Crippen LogP contribution in [0.1, 0.15) is 12.5 Å². The molecule has 1 rings (SSSR count). The highest BCUT2D eigenvalue weighted by Gasteiger charge is 2.03. The van der Waals surface area contributed by atoms with Gasteiger partial charge in [-0.15, -0.1) is 0 Å². The predicted molar refractivity (Wildman–Crippen MR) is 71.1 cm³/mol. The van der Waals surface area contributed by atoms with Crippen molar-refractivity contribution in [3.63, 3.8) is 0 Å². The summed E-state index contributed by atoms with van der Waals surface area (Å²) in [5.41, 5.74) is 3.68. The number of aryl methyl sites for hydroxylation is 1. The van der Waals surface area contributed by atoms with E-state index in [1.54, 1.807) is 7.11 Å². The van der Waals surface area contributed by atoms with Crippen LogP contribution in [0.5, 0.6) is 0 Å². The molecule has 7 heteroatoms. The molecule has 18 heavy (non-hydrogen) atoms. The summed E-state index contributed by atoms with van der Waals surface area (Å²) >= 11 is 0. The third-order valence-electron chi connectivity index (χ3n) is 2.30. The van der Waals surface area contributed by atoms with Gasteiger partial charge >= 0.3 is 0 Å². The summed E-state index contributed by atoms with van der Waals surface area (Å²) in [5, 5.41) is 7.30. The van der Waals surface area contributed by atoms with Crippen molar-refractivity contribution in [2.75, 3.05) is 20.3 Å². The Hall–Kier alpha value is -1.60. The van der Waals surface area contributed by atoms with Gasteiger partial charge in [0.1, 0.15) is 0 Å². The van der Waals surface area contributed by atoms with Crippen molar-refractivity contribution in [1.29, 1.82) is 0 Å². The molecule has 0 saturated carbocycles. The van der Waals surface area contributed by atoms with E-state index < -0.39 is 0 Å². The van der Waals surface area contributed by atoms with Crippen molar-refractivity contribution in [2.45, 2.75) is 26.4 Å². The van der Waals surface area contributed by atoms with E-state index in [1.165, 1.54) is 0 Å². The average molecular weight is 254 g/mol. The van der Waals surface area contributed by atoms with Crippen molar-refractivity contribution in [1.82, 2.24) is 20.5 Å². The van der Waals surface area contributed by atoms with Gasteiger partial charge in [0.25, 0.3) is 0 Å². The number of hydrazine groups is 1. The van der Waals surface area contributed by atoms with Crippen molar-refractivity contribution in [3.8, 4) is 0 Å². The molecule has 0 spiro atoms. The van der Waals surface area contributed by atoms with E-state index in [0.717, 1.165) is 12.1 Å². The van der Waals surface area contributed by atoms with E-state index in [2.05, 4.69) is 20.8 Å². The van der Waals surface area contributed by atoms with E-state index in [9.17, 15) is 0 Å². The molecule has 0 fully saturated rings. The predicted octanol–water partition coefficient (Wildman–Crippen LogP) is -0.365. The fourth-order valence-corrected chi connectivity index (χ4v) is 1.51. The molecular formula is C11H22N6O. The zero-order chi connectivity index (χ0) is 13.4. The number of nitrogens with zero attached hydrogens (tertiary/aromatic N) is 3. The number of methoxy groups -OCH3 is 1. The van der Waals surface area contributed by atoms with Crippen LogP contribution in [0.2, 0.25) is 0 Å². The average Bonchev–Trinajstić information content (AvgIpc) is 2.74. The van der Waals surface area contributed by atoms with Crippen LogP contribution < -0.4 is 16.6 Å².